The normalized spacial score (nSPS) is 23.0. The lowest BCUT2D eigenvalue weighted by Gasteiger charge is -2.23. The molecule has 1 aromatic carbocycles. The quantitative estimate of drug-likeness (QED) is 0.780. The van der Waals surface area contributed by atoms with Crippen LogP contribution in [0.3, 0.4) is 0 Å². The minimum Gasteiger partial charge on any atom is -0.355 e. The Bertz CT molecular complexity index is 455. The van der Waals surface area contributed by atoms with E-state index in [9.17, 15) is 0 Å². The van der Waals surface area contributed by atoms with Crippen LogP contribution < -0.4 is 4.67 Å². The SMILES string of the molecule is CC1(CCC#N)CN(P)c2cc(Br)ccc21. The Morgan fingerprint density at radius 2 is 2.38 bits per heavy atom. The van der Waals surface area contributed by atoms with Crippen LogP contribution in [0, 0.1) is 11.3 Å². The van der Waals surface area contributed by atoms with E-state index in [0.29, 0.717) is 6.42 Å². The van der Waals surface area contributed by atoms with Gasteiger partial charge in [-0.2, -0.15) is 5.26 Å². The first-order valence-electron chi connectivity index (χ1n) is 5.26. The monoisotopic (exact) mass is 296 g/mol. The van der Waals surface area contributed by atoms with Gasteiger partial charge in [-0.3, -0.25) is 0 Å². The van der Waals surface area contributed by atoms with Gasteiger partial charge in [0.05, 0.1) is 6.07 Å². The summed E-state index contributed by atoms with van der Waals surface area (Å²) in [6, 6.07) is 8.63. The Kier molecular flexibility index (Phi) is 3.24. The second-order valence-corrected chi connectivity index (χ2v) is 6.05. The van der Waals surface area contributed by atoms with Crippen LogP contribution in [0.2, 0.25) is 0 Å². The van der Waals surface area contributed by atoms with Crippen LogP contribution in [-0.2, 0) is 5.41 Å². The average Bonchev–Trinajstić information content (AvgIpc) is 2.49. The van der Waals surface area contributed by atoms with Crippen molar-refractivity contribution in [1.29, 1.82) is 5.26 Å². The van der Waals surface area contributed by atoms with Gasteiger partial charge in [0.25, 0.3) is 0 Å². The molecule has 2 unspecified atom stereocenters. The summed E-state index contributed by atoms with van der Waals surface area (Å²) in [5.74, 6) is 0. The third kappa shape index (κ3) is 1.97. The number of hydrogen-bond donors (Lipinski definition) is 0. The Hall–Kier alpha value is -0.580. The van der Waals surface area contributed by atoms with Gasteiger partial charge in [0.15, 0.2) is 0 Å². The maximum Gasteiger partial charge on any atom is 0.0622 e. The van der Waals surface area contributed by atoms with E-state index >= 15 is 0 Å². The molecule has 16 heavy (non-hydrogen) atoms. The third-order valence-electron chi connectivity index (χ3n) is 3.23. The summed E-state index contributed by atoms with van der Waals surface area (Å²) in [5, 5.41) is 8.72. The zero-order chi connectivity index (χ0) is 11.8. The van der Waals surface area contributed by atoms with Crippen molar-refractivity contribution in [3.05, 3.63) is 28.2 Å². The van der Waals surface area contributed by atoms with E-state index in [1.165, 1.54) is 11.3 Å². The first-order valence-corrected chi connectivity index (χ1v) is 6.57. The zero-order valence-corrected chi connectivity index (χ0v) is 11.9. The van der Waals surface area contributed by atoms with Crippen LogP contribution in [0.15, 0.2) is 22.7 Å². The van der Waals surface area contributed by atoms with E-state index in [1.54, 1.807) is 0 Å². The predicted octanol–water partition coefficient (Wildman–Crippen LogP) is 3.62. The highest BCUT2D eigenvalue weighted by molar-refractivity contribution is 9.10. The van der Waals surface area contributed by atoms with E-state index in [-0.39, 0.29) is 5.41 Å². The van der Waals surface area contributed by atoms with Crippen molar-refractivity contribution in [2.45, 2.75) is 25.2 Å². The second-order valence-electron chi connectivity index (χ2n) is 4.51. The van der Waals surface area contributed by atoms with Crippen LogP contribution in [0.4, 0.5) is 5.69 Å². The van der Waals surface area contributed by atoms with Gasteiger partial charge in [-0.05, 0) is 33.5 Å². The second kappa shape index (κ2) is 4.35. The number of hydrogen-bond acceptors (Lipinski definition) is 2. The smallest absolute Gasteiger partial charge is 0.0622 e. The maximum absolute atomic E-state index is 8.72. The average molecular weight is 297 g/mol. The van der Waals surface area contributed by atoms with E-state index in [0.717, 1.165) is 17.4 Å². The Morgan fingerprint density at radius 3 is 3.06 bits per heavy atom. The standard InChI is InChI=1S/C12H14BrN2P/c1-12(5-2-6-14)8-15(16)11-7-9(13)3-4-10(11)12/h3-4,7H,2,5,8,16H2,1H3. The Labute approximate surface area is 107 Å². The molecule has 1 heterocycles. The van der Waals surface area contributed by atoms with Gasteiger partial charge >= 0.3 is 0 Å². The number of benzene rings is 1. The summed E-state index contributed by atoms with van der Waals surface area (Å²) in [6.45, 7) is 3.20. The molecule has 0 radical (unpaired) electrons. The van der Waals surface area contributed by atoms with Crippen molar-refractivity contribution < 1.29 is 0 Å². The van der Waals surface area contributed by atoms with Crippen molar-refractivity contribution in [2.75, 3.05) is 11.2 Å². The molecule has 0 N–H and O–H groups in total. The molecule has 0 saturated heterocycles. The zero-order valence-electron chi connectivity index (χ0n) is 9.20. The van der Waals surface area contributed by atoms with Crippen LogP contribution in [0.1, 0.15) is 25.3 Å². The lowest BCUT2D eigenvalue weighted by molar-refractivity contribution is 0.478. The van der Waals surface area contributed by atoms with Crippen LogP contribution in [0.25, 0.3) is 0 Å². The molecule has 2 nitrogen and oxygen atoms in total. The van der Waals surface area contributed by atoms with Crippen molar-refractivity contribution >= 4 is 31.0 Å². The van der Waals surface area contributed by atoms with E-state index in [4.69, 9.17) is 5.26 Å². The van der Waals surface area contributed by atoms with E-state index in [2.05, 4.69) is 61.2 Å². The third-order valence-corrected chi connectivity index (χ3v) is 4.18. The highest BCUT2D eigenvalue weighted by atomic mass is 79.9. The molecule has 1 aliphatic rings. The first kappa shape index (κ1) is 11.9. The van der Waals surface area contributed by atoms with E-state index < -0.39 is 0 Å². The molecule has 0 aliphatic carbocycles. The van der Waals surface area contributed by atoms with Crippen LogP contribution in [0.5, 0.6) is 0 Å². The molecule has 2 rings (SSSR count). The molecule has 0 saturated carbocycles. The number of fused-ring (bicyclic) bond motifs is 1. The van der Waals surface area contributed by atoms with Crippen molar-refractivity contribution in [3.8, 4) is 6.07 Å². The molecule has 1 aliphatic heterocycles. The number of halogens is 1. The van der Waals surface area contributed by atoms with Gasteiger partial charge < -0.3 is 4.67 Å². The molecular formula is C12H14BrN2P. The maximum atomic E-state index is 8.72. The summed E-state index contributed by atoms with van der Waals surface area (Å²) < 4.78 is 3.29. The van der Waals surface area contributed by atoms with E-state index in [1.807, 2.05) is 0 Å². The number of nitriles is 1. The Balaban J connectivity index is 2.39. The van der Waals surface area contributed by atoms with Gasteiger partial charge in [0.2, 0.25) is 0 Å². The summed E-state index contributed by atoms with van der Waals surface area (Å²) >= 11 is 3.49. The highest BCUT2D eigenvalue weighted by Crippen LogP contribution is 2.45. The van der Waals surface area contributed by atoms with Crippen molar-refractivity contribution in [3.63, 3.8) is 0 Å². The minimum absolute atomic E-state index is 0.105. The molecule has 84 valence electrons. The summed E-state index contributed by atoms with van der Waals surface area (Å²) in [4.78, 5) is 0. The largest absolute Gasteiger partial charge is 0.355 e. The predicted molar refractivity (Wildman–Crippen MR) is 73.4 cm³/mol. The fraction of sp³-hybridized carbons (Fsp3) is 0.417. The summed E-state index contributed by atoms with van der Waals surface area (Å²) in [7, 11) is 2.76. The molecule has 2 atom stereocenters. The molecule has 1 aromatic rings. The van der Waals surface area contributed by atoms with Crippen molar-refractivity contribution in [1.82, 2.24) is 0 Å². The summed E-state index contributed by atoms with van der Waals surface area (Å²) in [6.07, 6.45) is 1.54. The lowest BCUT2D eigenvalue weighted by Crippen LogP contribution is -2.26. The van der Waals surface area contributed by atoms with Gasteiger partial charge in [0, 0.05) is 28.5 Å². The van der Waals surface area contributed by atoms with Gasteiger partial charge in [-0.15, -0.1) is 0 Å². The number of rotatable bonds is 2. The van der Waals surface area contributed by atoms with Gasteiger partial charge in [-0.25, -0.2) is 0 Å². The first-order chi connectivity index (χ1) is 7.57. The Morgan fingerprint density at radius 1 is 1.62 bits per heavy atom. The fourth-order valence-electron chi connectivity index (χ4n) is 2.34. The number of nitrogens with zero attached hydrogens (tertiary/aromatic N) is 2. The summed E-state index contributed by atoms with van der Waals surface area (Å²) in [5.41, 5.74) is 2.70. The molecule has 0 spiro atoms. The molecule has 0 aromatic heterocycles. The molecule has 0 fully saturated rings. The molecule has 0 bridgehead atoms. The molecule has 0 amide bonds. The van der Waals surface area contributed by atoms with Crippen LogP contribution >= 0.6 is 25.3 Å². The fourth-order valence-corrected chi connectivity index (χ4v) is 3.31. The minimum atomic E-state index is 0.105. The topological polar surface area (TPSA) is 27.0 Å². The van der Waals surface area contributed by atoms with Crippen molar-refractivity contribution in [2.24, 2.45) is 0 Å². The lowest BCUT2D eigenvalue weighted by atomic mass is 9.80. The molecule has 4 heteroatoms. The number of anilines is 1. The van der Waals surface area contributed by atoms with Gasteiger partial charge in [0.1, 0.15) is 0 Å². The highest BCUT2D eigenvalue weighted by Gasteiger charge is 2.36. The molecular weight excluding hydrogens is 283 g/mol. The van der Waals surface area contributed by atoms with Gasteiger partial charge in [-0.1, -0.05) is 28.9 Å². The van der Waals surface area contributed by atoms with Crippen LogP contribution in [-0.4, -0.2) is 6.54 Å².